The molecule has 0 heterocycles. The van der Waals surface area contributed by atoms with Crippen LogP contribution in [0.15, 0.2) is 12.1 Å². The molecule has 0 aliphatic rings. The molecule has 0 fully saturated rings. The molecule has 0 aliphatic heterocycles. The molecular formula is C15H26N2O. The highest BCUT2D eigenvalue weighted by Crippen LogP contribution is 2.22. The number of nitrogen functional groups attached to an aromatic ring is 1. The number of nitrogens with one attached hydrogen (secondary N) is 1. The first kappa shape index (κ1) is 14.8. The molecule has 102 valence electrons. The maximum absolute atomic E-state index is 5.98. The van der Waals surface area contributed by atoms with Gasteiger partial charge < -0.3 is 15.8 Å². The van der Waals surface area contributed by atoms with Crippen LogP contribution in [0.25, 0.3) is 0 Å². The monoisotopic (exact) mass is 250 g/mol. The molecule has 0 aliphatic carbocycles. The van der Waals surface area contributed by atoms with Crippen LogP contribution in [-0.4, -0.2) is 19.8 Å². The number of hydrogen-bond acceptors (Lipinski definition) is 3. The summed E-state index contributed by atoms with van der Waals surface area (Å²) in [5.41, 5.74) is 10.3. The van der Waals surface area contributed by atoms with Crippen molar-refractivity contribution in [3.05, 3.63) is 23.3 Å². The predicted molar refractivity (Wildman–Crippen MR) is 79.1 cm³/mol. The molecule has 18 heavy (non-hydrogen) atoms. The van der Waals surface area contributed by atoms with Gasteiger partial charge in [0, 0.05) is 19.8 Å². The first-order valence-corrected chi connectivity index (χ1v) is 6.69. The lowest BCUT2D eigenvalue weighted by atomic mass is 10.1. The average Bonchev–Trinajstić information content (AvgIpc) is 2.29. The van der Waals surface area contributed by atoms with Crippen LogP contribution in [0.2, 0.25) is 0 Å². The molecule has 0 aromatic heterocycles. The molecule has 0 spiro atoms. The standard InChI is InChI=1S/C15H26N2O/c1-11(2)10-18-7-5-6-17-15-9-13(4)12(3)8-14(15)16/h8-9,11,17H,5-7,10,16H2,1-4H3. The molecule has 1 aromatic rings. The summed E-state index contributed by atoms with van der Waals surface area (Å²) in [4.78, 5) is 0. The minimum Gasteiger partial charge on any atom is -0.397 e. The van der Waals surface area contributed by atoms with Crippen LogP contribution in [0, 0.1) is 19.8 Å². The van der Waals surface area contributed by atoms with Gasteiger partial charge in [-0.15, -0.1) is 0 Å². The first-order valence-electron chi connectivity index (χ1n) is 6.69. The number of ether oxygens (including phenoxy) is 1. The Labute approximate surface area is 111 Å². The second kappa shape index (κ2) is 7.27. The molecule has 0 radical (unpaired) electrons. The lowest BCUT2D eigenvalue weighted by molar-refractivity contribution is 0.110. The molecule has 0 unspecified atom stereocenters. The molecule has 0 saturated heterocycles. The second-order valence-corrected chi connectivity index (χ2v) is 5.27. The summed E-state index contributed by atoms with van der Waals surface area (Å²) in [5.74, 6) is 0.605. The van der Waals surface area contributed by atoms with E-state index in [4.69, 9.17) is 10.5 Å². The summed E-state index contributed by atoms with van der Waals surface area (Å²) in [6, 6.07) is 4.13. The average molecular weight is 250 g/mol. The van der Waals surface area contributed by atoms with Gasteiger partial charge >= 0.3 is 0 Å². The number of rotatable bonds is 7. The molecule has 3 heteroatoms. The van der Waals surface area contributed by atoms with Crippen molar-refractivity contribution in [2.45, 2.75) is 34.1 Å². The highest BCUT2D eigenvalue weighted by molar-refractivity contribution is 5.68. The minimum absolute atomic E-state index is 0.605. The van der Waals surface area contributed by atoms with Crippen molar-refractivity contribution in [2.75, 3.05) is 30.8 Å². The zero-order valence-electron chi connectivity index (χ0n) is 12.0. The van der Waals surface area contributed by atoms with Crippen molar-refractivity contribution in [3.8, 4) is 0 Å². The van der Waals surface area contributed by atoms with E-state index in [2.05, 4.69) is 39.1 Å². The topological polar surface area (TPSA) is 47.3 Å². The Morgan fingerprint density at radius 3 is 2.56 bits per heavy atom. The smallest absolute Gasteiger partial charge is 0.0576 e. The number of aryl methyl sites for hydroxylation is 2. The van der Waals surface area contributed by atoms with Crippen LogP contribution in [-0.2, 0) is 4.74 Å². The summed E-state index contributed by atoms with van der Waals surface area (Å²) in [7, 11) is 0. The Balaban J connectivity index is 2.29. The number of hydrogen-bond donors (Lipinski definition) is 2. The molecule has 1 aromatic carbocycles. The lowest BCUT2D eigenvalue weighted by Crippen LogP contribution is -2.09. The number of benzene rings is 1. The van der Waals surface area contributed by atoms with Gasteiger partial charge in [0.1, 0.15) is 0 Å². The molecule has 0 saturated carbocycles. The largest absolute Gasteiger partial charge is 0.397 e. The fourth-order valence-electron chi connectivity index (χ4n) is 1.71. The van der Waals surface area contributed by atoms with Gasteiger partial charge in [-0.25, -0.2) is 0 Å². The van der Waals surface area contributed by atoms with Crippen molar-refractivity contribution in [3.63, 3.8) is 0 Å². The highest BCUT2D eigenvalue weighted by atomic mass is 16.5. The number of nitrogens with two attached hydrogens (primary N) is 1. The van der Waals surface area contributed by atoms with E-state index in [0.717, 1.165) is 37.6 Å². The van der Waals surface area contributed by atoms with Gasteiger partial charge in [0.05, 0.1) is 11.4 Å². The predicted octanol–water partition coefficient (Wildman–Crippen LogP) is 3.36. The van der Waals surface area contributed by atoms with Crippen molar-refractivity contribution < 1.29 is 4.74 Å². The first-order chi connectivity index (χ1) is 8.50. The van der Waals surface area contributed by atoms with Gasteiger partial charge in [0.25, 0.3) is 0 Å². The lowest BCUT2D eigenvalue weighted by Gasteiger charge is -2.12. The molecule has 3 N–H and O–H groups in total. The highest BCUT2D eigenvalue weighted by Gasteiger charge is 2.01. The van der Waals surface area contributed by atoms with Crippen molar-refractivity contribution in [1.82, 2.24) is 0 Å². The third-order valence-electron chi connectivity index (χ3n) is 2.90. The SMILES string of the molecule is Cc1cc(N)c(NCCCOCC(C)C)cc1C. The Morgan fingerprint density at radius 2 is 1.89 bits per heavy atom. The quantitative estimate of drug-likeness (QED) is 0.576. The van der Waals surface area contributed by atoms with Crippen LogP contribution in [0.4, 0.5) is 11.4 Å². The molecule has 0 atom stereocenters. The second-order valence-electron chi connectivity index (χ2n) is 5.27. The fraction of sp³-hybridized carbons (Fsp3) is 0.600. The zero-order chi connectivity index (χ0) is 13.5. The van der Waals surface area contributed by atoms with Crippen LogP contribution in [0.1, 0.15) is 31.4 Å². The van der Waals surface area contributed by atoms with Crippen LogP contribution >= 0.6 is 0 Å². The molecule has 1 rings (SSSR count). The van der Waals surface area contributed by atoms with E-state index in [1.807, 2.05) is 6.07 Å². The Kier molecular flexibility index (Phi) is 5.99. The van der Waals surface area contributed by atoms with E-state index in [0.29, 0.717) is 5.92 Å². The fourth-order valence-corrected chi connectivity index (χ4v) is 1.71. The molecule has 0 amide bonds. The van der Waals surface area contributed by atoms with Gasteiger partial charge in [0.15, 0.2) is 0 Å². The van der Waals surface area contributed by atoms with Gasteiger partial charge in [-0.1, -0.05) is 13.8 Å². The van der Waals surface area contributed by atoms with Gasteiger partial charge in [-0.2, -0.15) is 0 Å². The molecule has 0 bridgehead atoms. The summed E-state index contributed by atoms with van der Waals surface area (Å²) in [5, 5.41) is 3.36. The minimum atomic E-state index is 0.605. The van der Waals surface area contributed by atoms with E-state index < -0.39 is 0 Å². The van der Waals surface area contributed by atoms with Crippen LogP contribution in [0.3, 0.4) is 0 Å². The third-order valence-corrected chi connectivity index (χ3v) is 2.90. The van der Waals surface area contributed by atoms with Gasteiger partial charge in [-0.05, 0) is 49.4 Å². The van der Waals surface area contributed by atoms with E-state index in [-0.39, 0.29) is 0 Å². The Hall–Kier alpha value is -1.22. The number of anilines is 2. The Bertz CT molecular complexity index is 375. The van der Waals surface area contributed by atoms with Gasteiger partial charge in [-0.3, -0.25) is 0 Å². The molecular weight excluding hydrogens is 224 g/mol. The van der Waals surface area contributed by atoms with Crippen molar-refractivity contribution >= 4 is 11.4 Å². The third kappa shape index (κ3) is 4.96. The normalized spacial score (nSPS) is 10.9. The Morgan fingerprint density at radius 1 is 1.22 bits per heavy atom. The summed E-state index contributed by atoms with van der Waals surface area (Å²) < 4.78 is 5.53. The van der Waals surface area contributed by atoms with Crippen LogP contribution < -0.4 is 11.1 Å². The molecule has 3 nitrogen and oxygen atoms in total. The summed E-state index contributed by atoms with van der Waals surface area (Å²) in [6.45, 7) is 11.0. The van der Waals surface area contributed by atoms with E-state index in [1.54, 1.807) is 0 Å². The maximum atomic E-state index is 5.98. The maximum Gasteiger partial charge on any atom is 0.0576 e. The summed E-state index contributed by atoms with van der Waals surface area (Å²) >= 11 is 0. The van der Waals surface area contributed by atoms with E-state index in [1.165, 1.54) is 11.1 Å². The van der Waals surface area contributed by atoms with E-state index in [9.17, 15) is 0 Å². The van der Waals surface area contributed by atoms with Crippen molar-refractivity contribution in [2.24, 2.45) is 5.92 Å². The van der Waals surface area contributed by atoms with E-state index >= 15 is 0 Å². The summed E-state index contributed by atoms with van der Waals surface area (Å²) in [6.07, 6.45) is 0.999. The zero-order valence-corrected chi connectivity index (χ0v) is 12.0. The van der Waals surface area contributed by atoms with Gasteiger partial charge in [0.2, 0.25) is 0 Å². The van der Waals surface area contributed by atoms with Crippen LogP contribution in [0.5, 0.6) is 0 Å². The van der Waals surface area contributed by atoms with Crippen molar-refractivity contribution in [1.29, 1.82) is 0 Å².